The largest absolute Gasteiger partial charge is 0.494 e. The van der Waals surface area contributed by atoms with Crippen LogP contribution in [0.2, 0.25) is 0 Å². The van der Waals surface area contributed by atoms with Gasteiger partial charge in [0, 0.05) is 11.3 Å². The number of thiazole rings is 1. The van der Waals surface area contributed by atoms with E-state index in [4.69, 9.17) is 9.88 Å². The van der Waals surface area contributed by atoms with E-state index in [9.17, 15) is 13.2 Å². The van der Waals surface area contributed by atoms with Gasteiger partial charge in [0.05, 0.1) is 17.2 Å². The Labute approximate surface area is 173 Å². The molecule has 0 bridgehead atoms. The summed E-state index contributed by atoms with van der Waals surface area (Å²) in [6, 6.07) is 13.3. The number of aryl methyl sites for hydroxylation is 1. The molecule has 3 rings (SSSR count). The average molecular weight is 432 g/mol. The van der Waals surface area contributed by atoms with Gasteiger partial charge in [0.25, 0.3) is 5.91 Å². The third-order valence-corrected chi connectivity index (χ3v) is 6.17. The fourth-order valence-electron chi connectivity index (χ4n) is 2.67. The highest BCUT2D eigenvalue weighted by Gasteiger charge is 2.18. The molecule has 1 aromatic heterocycles. The number of carbonyl (C=O) groups is 1. The number of hydrogen-bond donors (Lipinski definition) is 2. The van der Waals surface area contributed by atoms with Crippen LogP contribution >= 0.6 is 11.3 Å². The highest BCUT2D eigenvalue weighted by Crippen LogP contribution is 2.30. The van der Waals surface area contributed by atoms with Gasteiger partial charge in [-0.2, -0.15) is 0 Å². The zero-order valence-electron chi connectivity index (χ0n) is 16.0. The molecule has 152 valence electrons. The maximum absolute atomic E-state index is 12.8. The van der Waals surface area contributed by atoms with E-state index in [1.807, 2.05) is 38.1 Å². The molecule has 1 heterocycles. The Morgan fingerprint density at radius 2 is 1.76 bits per heavy atom. The van der Waals surface area contributed by atoms with Gasteiger partial charge in [0.1, 0.15) is 15.6 Å². The number of sulfonamides is 1. The van der Waals surface area contributed by atoms with Crippen molar-refractivity contribution in [2.75, 3.05) is 11.9 Å². The fraction of sp³-hybridized carbons (Fsp3) is 0.200. The lowest BCUT2D eigenvalue weighted by Crippen LogP contribution is -2.14. The minimum absolute atomic E-state index is 0.0136. The van der Waals surface area contributed by atoms with Crippen molar-refractivity contribution in [3.63, 3.8) is 0 Å². The molecule has 0 saturated carbocycles. The highest BCUT2D eigenvalue weighted by atomic mass is 32.2. The maximum atomic E-state index is 12.8. The topological polar surface area (TPSA) is 111 Å². The summed E-state index contributed by atoms with van der Waals surface area (Å²) in [4.78, 5) is 17.9. The van der Waals surface area contributed by atoms with Crippen LogP contribution in [0.4, 0.5) is 5.69 Å². The normalized spacial score (nSPS) is 11.3. The van der Waals surface area contributed by atoms with Crippen molar-refractivity contribution in [1.82, 2.24) is 4.98 Å². The summed E-state index contributed by atoms with van der Waals surface area (Å²) in [5, 5.41) is 8.62. The van der Waals surface area contributed by atoms with E-state index < -0.39 is 10.0 Å². The van der Waals surface area contributed by atoms with E-state index in [-0.39, 0.29) is 10.8 Å². The maximum Gasteiger partial charge on any atom is 0.267 e. The Balaban J connectivity index is 1.82. The Hall–Kier alpha value is -2.75. The first-order chi connectivity index (χ1) is 13.8. The van der Waals surface area contributed by atoms with Gasteiger partial charge in [-0.25, -0.2) is 18.5 Å². The van der Waals surface area contributed by atoms with Crippen molar-refractivity contribution in [3.05, 3.63) is 59.1 Å². The number of aromatic nitrogens is 1. The molecule has 0 spiro atoms. The van der Waals surface area contributed by atoms with E-state index in [0.29, 0.717) is 29.3 Å². The molecule has 0 atom stereocenters. The van der Waals surface area contributed by atoms with Crippen LogP contribution in [0.15, 0.2) is 53.4 Å². The first-order valence-corrected chi connectivity index (χ1v) is 11.3. The van der Waals surface area contributed by atoms with Crippen molar-refractivity contribution in [1.29, 1.82) is 0 Å². The van der Waals surface area contributed by atoms with E-state index in [0.717, 1.165) is 16.3 Å². The average Bonchev–Trinajstić information content (AvgIpc) is 3.13. The first kappa shape index (κ1) is 21.0. The van der Waals surface area contributed by atoms with Gasteiger partial charge in [0.15, 0.2) is 0 Å². The molecule has 3 N–H and O–H groups in total. The van der Waals surface area contributed by atoms with Gasteiger partial charge in [-0.3, -0.25) is 4.79 Å². The monoisotopic (exact) mass is 431 g/mol. The third kappa shape index (κ3) is 5.00. The van der Waals surface area contributed by atoms with Crippen LogP contribution in [0.1, 0.15) is 29.2 Å². The van der Waals surface area contributed by atoms with E-state index in [1.165, 1.54) is 35.6 Å². The number of nitrogens with one attached hydrogen (secondary N) is 1. The van der Waals surface area contributed by atoms with Gasteiger partial charge in [-0.1, -0.05) is 6.92 Å². The quantitative estimate of drug-likeness (QED) is 0.593. The summed E-state index contributed by atoms with van der Waals surface area (Å²) in [6.07, 6.45) is 0.612. The van der Waals surface area contributed by atoms with Gasteiger partial charge >= 0.3 is 0 Å². The number of amides is 1. The second kappa shape index (κ2) is 8.73. The van der Waals surface area contributed by atoms with Gasteiger partial charge in [-0.05, 0) is 61.9 Å². The van der Waals surface area contributed by atoms with E-state index in [2.05, 4.69) is 10.3 Å². The number of nitrogens with two attached hydrogens (primary N) is 1. The first-order valence-electron chi connectivity index (χ1n) is 8.99. The number of rotatable bonds is 7. The molecule has 9 heteroatoms. The summed E-state index contributed by atoms with van der Waals surface area (Å²) in [5.41, 5.74) is 2.09. The lowest BCUT2D eigenvalue weighted by Gasteiger charge is -2.05. The van der Waals surface area contributed by atoms with E-state index >= 15 is 0 Å². The summed E-state index contributed by atoms with van der Waals surface area (Å²) in [5.74, 6) is 0.490. The molecule has 0 aliphatic rings. The molecule has 0 saturated heterocycles. The number of nitrogens with zero attached hydrogens (tertiary/aromatic N) is 1. The number of hydrogen-bond acceptors (Lipinski definition) is 6. The molecular weight excluding hydrogens is 410 g/mol. The standard InChI is InChI=1S/C20H21N3O4S2/c1-3-17-18(19(24)22-14-7-11-16(12-8-14)29(21,25)26)28-20(23-17)13-5-9-15(10-6-13)27-4-2/h5-12H,3-4H2,1-2H3,(H,22,24)(H2,21,25,26). The Morgan fingerprint density at radius 1 is 1.10 bits per heavy atom. The van der Waals surface area contributed by atoms with Crippen molar-refractivity contribution < 1.29 is 17.9 Å². The Morgan fingerprint density at radius 3 is 2.31 bits per heavy atom. The number of ether oxygens (including phenoxy) is 1. The lowest BCUT2D eigenvalue weighted by molar-refractivity contribution is 0.102. The second-order valence-corrected chi connectivity index (χ2v) is 8.69. The number of primary sulfonamides is 1. The van der Waals surface area contributed by atoms with Crippen molar-refractivity contribution >= 4 is 33.0 Å². The summed E-state index contributed by atoms with van der Waals surface area (Å²) in [6.45, 7) is 4.46. The molecular formula is C20H21N3O4S2. The Bertz CT molecular complexity index is 1110. The molecule has 1 amide bonds. The van der Waals surface area contributed by atoms with Crippen molar-refractivity contribution in [2.45, 2.75) is 25.2 Å². The number of anilines is 1. The molecule has 0 aliphatic heterocycles. The zero-order valence-corrected chi connectivity index (χ0v) is 17.6. The van der Waals surface area contributed by atoms with Crippen LogP contribution in [-0.4, -0.2) is 25.9 Å². The van der Waals surface area contributed by atoms with Crippen LogP contribution in [0.25, 0.3) is 10.6 Å². The molecule has 3 aromatic rings. The van der Waals surface area contributed by atoms with Crippen LogP contribution in [0, 0.1) is 0 Å². The summed E-state index contributed by atoms with van der Waals surface area (Å²) < 4.78 is 28.1. The molecule has 0 unspecified atom stereocenters. The highest BCUT2D eigenvalue weighted by molar-refractivity contribution is 7.89. The van der Waals surface area contributed by atoms with Gasteiger partial charge in [0.2, 0.25) is 10.0 Å². The molecule has 7 nitrogen and oxygen atoms in total. The zero-order chi connectivity index (χ0) is 21.0. The van der Waals surface area contributed by atoms with Gasteiger partial charge in [-0.15, -0.1) is 11.3 Å². The molecule has 29 heavy (non-hydrogen) atoms. The van der Waals surface area contributed by atoms with Crippen LogP contribution < -0.4 is 15.2 Å². The number of benzene rings is 2. The van der Waals surface area contributed by atoms with Gasteiger partial charge < -0.3 is 10.1 Å². The van der Waals surface area contributed by atoms with E-state index in [1.54, 1.807) is 0 Å². The van der Waals surface area contributed by atoms with Crippen LogP contribution in [0.3, 0.4) is 0 Å². The predicted molar refractivity (Wildman–Crippen MR) is 114 cm³/mol. The van der Waals surface area contributed by atoms with Crippen molar-refractivity contribution in [2.24, 2.45) is 5.14 Å². The minimum atomic E-state index is -3.77. The molecule has 0 aliphatic carbocycles. The smallest absolute Gasteiger partial charge is 0.267 e. The summed E-state index contributed by atoms with van der Waals surface area (Å²) in [7, 11) is -3.77. The number of carbonyl (C=O) groups excluding carboxylic acids is 1. The minimum Gasteiger partial charge on any atom is -0.494 e. The lowest BCUT2D eigenvalue weighted by atomic mass is 10.2. The second-order valence-electron chi connectivity index (χ2n) is 6.13. The van der Waals surface area contributed by atoms with Crippen LogP contribution in [-0.2, 0) is 16.4 Å². The van der Waals surface area contributed by atoms with Crippen molar-refractivity contribution in [3.8, 4) is 16.3 Å². The predicted octanol–water partition coefficient (Wildman–Crippen LogP) is 3.67. The SMILES string of the molecule is CCOc1ccc(-c2nc(CC)c(C(=O)Nc3ccc(S(N)(=O)=O)cc3)s2)cc1. The summed E-state index contributed by atoms with van der Waals surface area (Å²) >= 11 is 1.31. The van der Waals surface area contributed by atoms with Crippen LogP contribution in [0.5, 0.6) is 5.75 Å². The fourth-order valence-corrected chi connectivity index (χ4v) is 4.24. The Kier molecular flexibility index (Phi) is 6.31. The third-order valence-electron chi connectivity index (χ3n) is 4.09. The molecule has 0 fully saturated rings. The molecule has 0 radical (unpaired) electrons. The molecule has 2 aromatic carbocycles.